The molecule has 1 aliphatic carbocycles. The Hall–Kier alpha value is -2.36. The van der Waals surface area contributed by atoms with Gasteiger partial charge in [0.15, 0.2) is 0 Å². The molecule has 0 atom stereocenters. The van der Waals surface area contributed by atoms with Gasteiger partial charge in [-0.05, 0) is 30.5 Å². The zero-order valence-corrected chi connectivity index (χ0v) is 12.6. The molecule has 0 spiro atoms. The Labute approximate surface area is 131 Å². The maximum absolute atomic E-state index is 12.3. The second kappa shape index (κ2) is 6.60. The maximum Gasteiger partial charge on any atom is 0.315 e. The minimum atomic E-state index is -0.227. The molecule has 1 aliphatic rings. The molecule has 4 nitrogen and oxygen atoms in total. The van der Waals surface area contributed by atoms with Crippen molar-refractivity contribution in [2.45, 2.75) is 37.8 Å². The van der Waals surface area contributed by atoms with Crippen LogP contribution in [0.5, 0.6) is 0 Å². The van der Waals surface area contributed by atoms with Crippen molar-refractivity contribution >= 4 is 6.03 Å². The third kappa shape index (κ3) is 3.27. The summed E-state index contributed by atoms with van der Waals surface area (Å²) in [6.45, 7) is 0.442. The van der Waals surface area contributed by atoms with Crippen molar-refractivity contribution in [2.24, 2.45) is 0 Å². The number of urea groups is 1. The fourth-order valence-electron chi connectivity index (χ4n) is 3.16. The van der Waals surface area contributed by atoms with Crippen LogP contribution in [-0.2, 0) is 12.1 Å². The molecule has 1 heterocycles. The predicted octanol–water partition coefficient (Wildman–Crippen LogP) is 3.35. The number of benzene rings is 1. The van der Waals surface area contributed by atoms with Crippen molar-refractivity contribution in [1.82, 2.24) is 15.6 Å². The Morgan fingerprint density at radius 1 is 1.05 bits per heavy atom. The third-order valence-electron chi connectivity index (χ3n) is 4.29. The SMILES string of the molecule is O=C(NCc1ccccn1)NC1(c2ccccc2)CCCC1. The zero-order chi connectivity index (χ0) is 15.3. The predicted molar refractivity (Wildman–Crippen MR) is 86.2 cm³/mol. The minimum Gasteiger partial charge on any atom is -0.332 e. The van der Waals surface area contributed by atoms with E-state index in [1.165, 1.54) is 5.56 Å². The molecule has 3 rings (SSSR count). The maximum atomic E-state index is 12.3. The zero-order valence-electron chi connectivity index (χ0n) is 12.6. The Balaban J connectivity index is 1.65. The summed E-state index contributed by atoms with van der Waals surface area (Å²) in [6.07, 6.45) is 6.02. The molecule has 2 aromatic rings. The first kappa shape index (κ1) is 14.6. The van der Waals surface area contributed by atoms with E-state index in [-0.39, 0.29) is 11.6 Å². The van der Waals surface area contributed by atoms with Gasteiger partial charge in [-0.25, -0.2) is 4.79 Å². The van der Waals surface area contributed by atoms with Crippen LogP contribution < -0.4 is 10.6 Å². The lowest BCUT2D eigenvalue weighted by Gasteiger charge is -2.31. The summed E-state index contributed by atoms with van der Waals surface area (Å²) in [5.41, 5.74) is 1.83. The Morgan fingerprint density at radius 2 is 1.77 bits per heavy atom. The molecule has 0 aliphatic heterocycles. The van der Waals surface area contributed by atoms with Crippen LogP contribution in [0.15, 0.2) is 54.7 Å². The van der Waals surface area contributed by atoms with Crippen LogP contribution in [-0.4, -0.2) is 11.0 Å². The summed E-state index contributed by atoms with van der Waals surface area (Å²) < 4.78 is 0. The summed E-state index contributed by atoms with van der Waals surface area (Å²) in [5, 5.41) is 6.11. The summed E-state index contributed by atoms with van der Waals surface area (Å²) in [5.74, 6) is 0. The first-order valence-corrected chi connectivity index (χ1v) is 7.80. The fourth-order valence-corrected chi connectivity index (χ4v) is 3.16. The van der Waals surface area contributed by atoms with E-state index in [1.807, 2.05) is 36.4 Å². The highest BCUT2D eigenvalue weighted by Crippen LogP contribution is 2.38. The Kier molecular flexibility index (Phi) is 4.37. The molecule has 1 fully saturated rings. The summed E-state index contributed by atoms with van der Waals surface area (Å²) >= 11 is 0. The van der Waals surface area contributed by atoms with Crippen LogP contribution in [0.4, 0.5) is 4.79 Å². The largest absolute Gasteiger partial charge is 0.332 e. The molecule has 22 heavy (non-hydrogen) atoms. The van der Waals surface area contributed by atoms with Crippen molar-refractivity contribution in [1.29, 1.82) is 0 Å². The third-order valence-corrected chi connectivity index (χ3v) is 4.29. The number of aromatic nitrogens is 1. The van der Waals surface area contributed by atoms with Gasteiger partial charge in [0.2, 0.25) is 0 Å². The average Bonchev–Trinajstić information content (AvgIpc) is 3.04. The highest BCUT2D eigenvalue weighted by Gasteiger charge is 2.36. The first-order chi connectivity index (χ1) is 10.8. The molecular weight excluding hydrogens is 274 g/mol. The number of nitrogens with one attached hydrogen (secondary N) is 2. The summed E-state index contributed by atoms with van der Waals surface area (Å²) in [4.78, 5) is 16.5. The molecule has 4 heteroatoms. The quantitative estimate of drug-likeness (QED) is 0.909. The second-order valence-electron chi connectivity index (χ2n) is 5.78. The van der Waals surface area contributed by atoms with Crippen molar-refractivity contribution < 1.29 is 4.79 Å². The number of carbonyl (C=O) groups excluding carboxylic acids is 1. The lowest BCUT2D eigenvalue weighted by molar-refractivity contribution is 0.224. The molecule has 0 saturated heterocycles. The standard InChI is InChI=1S/C18H21N3O/c22-17(20-14-16-10-4-7-13-19-16)21-18(11-5-6-12-18)15-8-2-1-3-9-15/h1-4,7-10,13H,5-6,11-12,14H2,(H2,20,21,22). The number of carbonyl (C=O) groups is 1. The summed E-state index contributed by atoms with van der Waals surface area (Å²) in [7, 11) is 0. The number of hydrogen-bond donors (Lipinski definition) is 2. The highest BCUT2D eigenvalue weighted by atomic mass is 16.2. The van der Waals surface area contributed by atoms with Crippen LogP contribution in [0.2, 0.25) is 0 Å². The van der Waals surface area contributed by atoms with Crippen LogP contribution >= 0.6 is 0 Å². The van der Waals surface area contributed by atoms with Gasteiger partial charge in [-0.15, -0.1) is 0 Å². The van der Waals surface area contributed by atoms with Crippen molar-refractivity contribution in [3.63, 3.8) is 0 Å². The van der Waals surface area contributed by atoms with E-state index >= 15 is 0 Å². The van der Waals surface area contributed by atoms with Crippen LogP contribution in [0, 0.1) is 0 Å². The number of nitrogens with zero attached hydrogens (tertiary/aromatic N) is 1. The smallest absolute Gasteiger partial charge is 0.315 e. The molecule has 2 amide bonds. The molecular formula is C18H21N3O. The molecule has 0 bridgehead atoms. The molecule has 1 aromatic heterocycles. The van der Waals surface area contributed by atoms with Crippen LogP contribution in [0.1, 0.15) is 36.9 Å². The van der Waals surface area contributed by atoms with Gasteiger partial charge in [0.1, 0.15) is 0 Å². The van der Waals surface area contributed by atoms with Gasteiger partial charge in [-0.3, -0.25) is 4.98 Å². The Bertz CT molecular complexity index is 607. The monoisotopic (exact) mass is 295 g/mol. The van der Waals surface area contributed by atoms with E-state index in [0.717, 1.165) is 31.4 Å². The van der Waals surface area contributed by atoms with Gasteiger partial charge in [-0.2, -0.15) is 0 Å². The Morgan fingerprint density at radius 3 is 2.45 bits per heavy atom. The van der Waals surface area contributed by atoms with E-state index in [1.54, 1.807) is 6.20 Å². The molecule has 1 saturated carbocycles. The number of rotatable bonds is 4. The topological polar surface area (TPSA) is 54.0 Å². The van der Waals surface area contributed by atoms with Crippen LogP contribution in [0.3, 0.4) is 0 Å². The molecule has 0 unspecified atom stereocenters. The van der Waals surface area contributed by atoms with Gasteiger partial charge < -0.3 is 10.6 Å². The van der Waals surface area contributed by atoms with Crippen molar-refractivity contribution in [2.75, 3.05) is 0 Å². The first-order valence-electron chi connectivity index (χ1n) is 7.80. The highest BCUT2D eigenvalue weighted by molar-refractivity contribution is 5.75. The van der Waals surface area contributed by atoms with E-state index in [2.05, 4.69) is 27.8 Å². The lowest BCUT2D eigenvalue weighted by Crippen LogP contribution is -2.48. The molecule has 114 valence electrons. The minimum absolute atomic E-state index is 0.128. The van der Waals surface area contributed by atoms with E-state index in [0.29, 0.717) is 6.54 Å². The van der Waals surface area contributed by atoms with E-state index in [4.69, 9.17) is 0 Å². The lowest BCUT2D eigenvalue weighted by atomic mass is 9.88. The number of pyridine rings is 1. The molecule has 0 radical (unpaired) electrons. The van der Waals surface area contributed by atoms with Crippen molar-refractivity contribution in [3.8, 4) is 0 Å². The average molecular weight is 295 g/mol. The van der Waals surface area contributed by atoms with Gasteiger partial charge in [0, 0.05) is 6.20 Å². The second-order valence-corrected chi connectivity index (χ2v) is 5.78. The molecule has 2 N–H and O–H groups in total. The van der Waals surface area contributed by atoms with Gasteiger partial charge >= 0.3 is 6.03 Å². The molecule has 1 aromatic carbocycles. The van der Waals surface area contributed by atoms with E-state index in [9.17, 15) is 4.79 Å². The van der Waals surface area contributed by atoms with Gasteiger partial charge in [0.25, 0.3) is 0 Å². The van der Waals surface area contributed by atoms with Crippen molar-refractivity contribution in [3.05, 3.63) is 66.0 Å². The summed E-state index contributed by atoms with van der Waals surface area (Å²) in [6, 6.07) is 15.8. The number of hydrogen-bond acceptors (Lipinski definition) is 2. The van der Waals surface area contributed by atoms with Gasteiger partial charge in [-0.1, -0.05) is 49.2 Å². The van der Waals surface area contributed by atoms with Crippen LogP contribution in [0.25, 0.3) is 0 Å². The van der Waals surface area contributed by atoms with E-state index < -0.39 is 0 Å². The van der Waals surface area contributed by atoms with Gasteiger partial charge in [0.05, 0.1) is 17.8 Å². The fraction of sp³-hybridized carbons (Fsp3) is 0.333. The normalized spacial score (nSPS) is 16.2. The number of amides is 2.